The fraction of sp³-hybridized carbons (Fsp3) is 0.280. The zero-order valence-corrected chi connectivity index (χ0v) is 19.0. The van der Waals surface area contributed by atoms with Crippen LogP contribution in [0.1, 0.15) is 17.6 Å². The van der Waals surface area contributed by atoms with Crippen LogP contribution in [-0.4, -0.2) is 47.3 Å². The zero-order valence-electron chi connectivity index (χ0n) is 19.0. The molecule has 1 aromatic carbocycles. The standard InChI is InChI=1S/C25H22N8O2/c1-31-13-27-24-22(31)25(34)33(14-28-24)12-20-29-23(30-35-20)21-18-10-32(11-19(18)21)17-6-2-4-15(8-17)16-5-3-7-26-9-16/h2-9,13-14,18-19,21H,10-12H2,1H3/t18-,19+,21?. The van der Waals surface area contributed by atoms with Gasteiger partial charge in [-0.1, -0.05) is 23.4 Å². The molecule has 5 heterocycles. The highest BCUT2D eigenvalue weighted by Crippen LogP contribution is 2.58. The summed E-state index contributed by atoms with van der Waals surface area (Å²) < 4.78 is 8.65. The summed E-state index contributed by atoms with van der Waals surface area (Å²) >= 11 is 0. The van der Waals surface area contributed by atoms with Gasteiger partial charge in [0.25, 0.3) is 5.56 Å². The van der Waals surface area contributed by atoms with Gasteiger partial charge in [-0.15, -0.1) is 0 Å². The van der Waals surface area contributed by atoms with Crippen molar-refractivity contribution in [1.29, 1.82) is 0 Å². The fourth-order valence-corrected chi connectivity index (χ4v) is 5.33. The van der Waals surface area contributed by atoms with Gasteiger partial charge in [0.2, 0.25) is 5.89 Å². The van der Waals surface area contributed by atoms with Crippen molar-refractivity contribution in [3.63, 3.8) is 0 Å². The predicted octanol–water partition coefficient (Wildman–Crippen LogP) is 2.47. The molecule has 2 fully saturated rings. The minimum absolute atomic E-state index is 0.179. The summed E-state index contributed by atoms with van der Waals surface area (Å²) in [4.78, 5) is 32.4. The third-order valence-corrected chi connectivity index (χ3v) is 7.19. The Morgan fingerprint density at radius 2 is 1.89 bits per heavy atom. The maximum atomic E-state index is 12.8. The van der Waals surface area contributed by atoms with E-state index >= 15 is 0 Å². The van der Waals surface area contributed by atoms with Gasteiger partial charge < -0.3 is 14.0 Å². The Morgan fingerprint density at radius 1 is 1.06 bits per heavy atom. The number of benzene rings is 1. The first-order valence-corrected chi connectivity index (χ1v) is 11.6. The van der Waals surface area contributed by atoms with Crippen molar-refractivity contribution in [1.82, 2.24) is 34.2 Å². The number of hydrogen-bond donors (Lipinski definition) is 0. The largest absolute Gasteiger partial charge is 0.371 e. The first-order chi connectivity index (χ1) is 17.2. The van der Waals surface area contributed by atoms with Crippen LogP contribution >= 0.6 is 0 Å². The number of hydrogen-bond acceptors (Lipinski definition) is 8. The summed E-state index contributed by atoms with van der Waals surface area (Å²) in [6, 6.07) is 12.7. The quantitative estimate of drug-likeness (QED) is 0.389. The van der Waals surface area contributed by atoms with Crippen molar-refractivity contribution in [3.05, 3.63) is 83.5 Å². The number of anilines is 1. The number of aryl methyl sites for hydroxylation is 1. The molecule has 174 valence electrons. The van der Waals surface area contributed by atoms with Crippen LogP contribution in [0.4, 0.5) is 5.69 Å². The smallest absolute Gasteiger partial charge is 0.280 e. The SMILES string of the molecule is Cn1cnc2ncn(Cc3nc(C4[C@H]5CN(c6cccc(-c7cccnc7)c6)C[C@@H]45)no3)c(=O)c21. The molecule has 10 nitrogen and oxygen atoms in total. The average molecular weight is 467 g/mol. The highest BCUT2D eigenvalue weighted by Gasteiger charge is 2.58. The van der Waals surface area contributed by atoms with Crippen molar-refractivity contribution < 1.29 is 4.52 Å². The molecule has 1 aliphatic heterocycles. The van der Waals surface area contributed by atoms with E-state index in [1.807, 2.05) is 12.3 Å². The van der Waals surface area contributed by atoms with Crippen LogP contribution in [0, 0.1) is 11.8 Å². The first kappa shape index (κ1) is 20.1. The third kappa shape index (κ3) is 3.32. The predicted molar refractivity (Wildman–Crippen MR) is 128 cm³/mol. The minimum Gasteiger partial charge on any atom is -0.371 e. The Labute approximate surface area is 199 Å². The van der Waals surface area contributed by atoms with Crippen LogP contribution in [0.15, 0.2) is 70.8 Å². The summed E-state index contributed by atoms with van der Waals surface area (Å²) in [5.74, 6) is 2.48. The Balaban J connectivity index is 1.05. The fourth-order valence-electron chi connectivity index (χ4n) is 5.33. The monoisotopic (exact) mass is 466 g/mol. The van der Waals surface area contributed by atoms with Gasteiger partial charge in [0.15, 0.2) is 17.0 Å². The number of pyridine rings is 1. The molecule has 7 rings (SSSR count). The van der Waals surface area contributed by atoms with Crippen LogP contribution in [0.5, 0.6) is 0 Å². The molecule has 3 atom stereocenters. The second kappa shape index (κ2) is 7.59. The summed E-state index contributed by atoms with van der Waals surface area (Å²) in [6.45, 7) is 2.13. The van der Waals surface area contributed by atoms with Crippen molar-refractivity contribution in [2.75, 3.05) is 18.0 Å². The van der Waals surface area contributed by atoms with Crippen molar-refractivity contribution in [3.8, 4) is 11.1 Å². The number of rotatable bonds is 5. The molecule has 0 spiro atoms. The topological polar surface area (TPSA) is 108 Å². The molecular weight excluding hydrogens is 444 g/mol. The third-order valence-electron chi connectivity index (χ3n) is 7.19. The second-order valence-electron chi connectivity index (χ2n) is 9.30. The second-order valence-corrected chi connectivity index (χ2v) is 9.30. The van der Waals surface area contributed by atoms with E-state index in [1.165, 1.54) is 22.1 Å². The van der Waals surface area contributed by atoms with Gasteiger partial charge in [0, 0.05) is 49.7 Å². The van der Waals surface area contributed by atoms with Crippen molar-refractivity contribution in [2.24, 2.45) is 18.9 Å². The van der Waals surface area contributed by atoms with Crippen molar-refractivity contribution >= 4 is 16.9 Å². The van der Waals surface area contributed by atoms with E-state index in [0.717, 1.165) is 24.5 Å². The lowest BCUT2D eigenvalue weighted by Crippen LogP contribution is -2.24. The van der Waals surface area contributed by atoms with E-state index in [4.69, 9.17) is 4.52 Å². The molecule has 10 heteroatoms. The maximum Gasteiger partial charge on any atom is 0.280 e. The number of fused-ring (bicyclic) bond motifs is 2. The van der Waals surface area contributed by atoms with Crippen LogP contribution in [0.3, 0.4) is 0 Å². The van der Waals surface area contributed by atoms with Gasteiger partial charge in [-0.2, -0.15) is 4.98 Å². The lowest BCUT2D eigenvalue weighted by atomic mass is 10.1. The van der Waals surface area contributed by atoms with Gasteiger partial charge in [0.1, 0.15) is 12.9 Å². The Kier molecular flexibility index (Phi) is 4.35. The molecule has 1 aliphatic carbocycles. The highest BCUT2D eigenvalue weighted by molar-refractivity contribution is 5.69. The Morgan fingerprint density at radius 3 is 2.71 bits per heavy atom. The molecule has 0 bridgehead atoms. The van der Waals surface area contributed by atoms with E-state index in [1.54, 1.807) is 24.1 Å². The van der Waals surface area contributed by atoms with E-state index in [9.17, 15) is 4.79 Å². The number of piperidine rings is 1. The van der Waals surface area contributed by atoms with E-state index < -0.39 is 0 Å². The minimum atomic E-state index is -0.179. The van der Waals surface area contributed by atoms with Gasteiger partial charge in [-0.25, -0.2) is 9.97 Å². The molecular formula is C25H22N8O2. The first-order valence-electron chi connectivity index (χ1n) is 11.6. The number of aromatic nitrogens is 7. The van der Waals surface area contributed by atoms with Gasteiger partial charge in [-0.05, 0) is 35.6 Å². The molecule has 0 amide bonds. The average Bonchev–Trinajstić information content (AvgIpc) is 3.30. The van der Waals surface area contributed by atoms with E-state index in [-0.39, 0.29) is 12.1 Å². The maximum absolute atomic E-state index is 12.8. The number of imidazole rings is 1. The van der Waals surface area contributed by atoms with Crippen LogP contribution < -0.4 is 10.5 Å². The van der Waals surface area contributed by atoms with Gasteiger partial charge >= 0.3 is 0 Å². The summed E-state index contributed by atoms with van der Waals surface area (Å²) in [5, 5.41) is 4.24. The highest BCUT2D eigenvalue weighted by atomic mass is 16.5. The molecule has 0 N–H and O–H groups in total. The van der Waals surface area contributed by atoms with Crippen LogP contribution in [-0.2, 0) is 13.6 Å². The summed E-state index contributed by atoms with van der Waals surface area (Å²) in [6.07, 6.45) is 6.74. The summed E-state index contributed by atoms with van der Waals surface area (Å²) in [7, 11) is 1.78. The molecule has 35 heavy (non-hydrogen) atoms. The molecule has 5 aromatic rings. The Bertz CT molecular complexity index is 1590. The molecule has 2 aliphatic rings. The van der Waals surface area contributed by atoms with Gasteiger partial charge in [-0.3, -0.25) is 14.3 Å². The molecule has 1 saturated heterocycles. The van der Waals surface area contributed by atoms with Gasteiger partial charge in [0.05, 0.1) is 6.33 Å². The molecule has 4 aromatic heterocycles. The molecule has 0 radical (unpaired) electrons. The van der Waals surface area contributed by atoms with E-state index in [2.05, 4.69) is 60.3 Å². The Hall–Kier alpha value is -4.34. The van der Waals surface area contributed by atoms with Crippen LogP contribution in [0.2, 0.25) is 0 Å². The van der Waals surface area contributed by atoms with Crippen LogP contribution in [0.25, 0.3) is 22.3 Å². The lowest BCUT2D eigenvalue weighted by Gasteiger charge is -2.22. The lowest BCUT2D eigenvalue weighted by molar-refractivity contribution is 0.363. The molecule has 1 unspecified atom stereocenters. The van der Waals surface area contributed by atoms with E-state index in [0.29, 0.717) is 34.8 Å². The van der Waals surface area contributed by atoms with Crippen molar-refractivity contribution in [2.45, 2.75) is 12.5 Å². The zero-order chi connectivity index (χ0) is 23.5. The molecule has 1 saturated carbocycles. The normalized spacial score (nSPS) is 20.9. The number of nitrogens with zero attached hydrogens (tertiary/aromatic N) is 8. The summed E-state index contributed by atoms with van der Waals surface area (Å²) in [5.41, 5.74) is 4.22.